The van der Waals surface area contributed by atoms with E-state index in [0.29, 0.717) is 6.04 Å². The van der Waals surface area contributed by atoms with Crippen LogP contribution in [0.2, 0.25) is 0 Å². The Balaban J connectivity index is 2.25. The second-order valence-electron chi connectivity index (χ2n) is 3.74. The highest BCUT2D eigenvalue weighted by Gasteiger charge is 2.20. The predicted molar refractivity (Wildman–Crippen MR) is 58.6 cm³/mol. The monoisotopic (exact) mass is 195 g/mol. The molecule has 0 amide bonds. The molecule has 2 heteroatoms. The third-order valence-corrected chi connectivity index (χ3v) is 4.23. The van der Waals surface area contributed by atoms with E-state index in [9.17, 15) is 0 Å². The Bertz CT molecular complexity index is 277. The van der Waals surface area contributed by atoms with E-state index in [1.807, 2.05) is 11.3 Å². The second-order valence-corrected chi connectivity index (χ2v) is 4.71. The lowest BCUT2D eigenvalue weighted by Crippen LogP contribution is -2.31. The van der Waals surface area contributed by atoms with Crippen LogP contribution in [0.3, 0.4) is 0 Å². The third kappa shape index (κ3) is 1.65. The van der Waals surface area contributed by atoms with Crippen LogP contribution in [-0.4, -0.2) is 13.1 Å². The number of likely N-dealkylation sites (N-methyl/N-ethyl adjacent to an activating group) is 1. The molecule has 0 bridgehead atoms. The first-order valence-corrected chi connectivity index (χ1v) is 5.98. The predicted octanol–water partition coefficient (Wildman–Crippen LogP) is 2.39. The van der Waals surface area contributed by atoms with Gasteiger partial charge in [-0.2, -0.15) is 0 Å². The minimum absolute atomic E-state index is 0.715. The molecule has 1 N–H and O–H groups in total. The van der Waals surface area contributed by atoms with Crippen molar-refractivity contribution in [3.8, 4) is 0 Å². The van der Waals surface area contributed by atoms with Crippen molar-refractivity contribution in [3.63, 3.8) is 0 Å². The molecule has 1 aromatic rings. The Labute approximate surface area is 84.2 Å². The number of fused-ring (bicyclic) bond motifs is 1. The topological polar surface area (TPSA) is 12.0 Å². The molecule has 1 aliphatic rings. The summed E-state index contributed by atoms with van der Waals surface area (Å²) in [5.41, 5.74) is 3.27. The van der Waals surface area contributed by atoms with Gasteiger partial charge < -0.3 is 5.32 Å². The Morgan fingerprint density at radius 3 is 3.15 bits per heavy atom. The van der Waals surface area contributed by atoms with Crippen LogP contribution in [0.1, 0.15) is 29.3 Å². The average Bonchev–Trinajstić information content (AvgIpc) is 2.59. The van der Waals surface area contributed by atoms with Crippen molar-refractivity contribution >= 4 is 11.3 Å². The van der Waals surface area contributed by atoms with Gasteiger partial charge in [0.25, 0.3) is 0 Å². The maximum absolute atomic E-state index is 3.39. The van der Waals surface area contributed by atoms with Crippen LogP contribution in [0.4, 0.5) is 0 Å². The molecule has 1 heterocycles. The van der Waals surface area contributed by atoms with Gasteiger partial charge in [-0.05, 0) is 49.2 Å². The highest BCUT2D eigenvalue weighted by Crippen LogP contribution is 2.30. The van der Waals surface area contributed by atoms with Gasteiger partial charge in [-0.25, -0.2) is 0 Å². The molecule has 0 fully saturated rings. The summed E-state index contributed by atoms with van der Waals surface area (Å²) in [4.78, 5) is 1.61. The van der Waals surface area contributed by atoms with Gasteiger partial charge >= 0.3 is 0 Å². The number of nitrogens with one attached hydrogen (secondary N) is 1. The third-order valence-electron chi connectivity index (χ3n) is 3.01. The number of rotatable bonds is 2. The van der Waals surface area contributed by atoms with Crippen molar-refractivity contribution < 1.29 is 0 Å². The van der Waals surface area contributed by atoms with E-state index in [2.05, 4.69) is 24.7 Å². The maximum atomic E-state index is 3.39. The summed E-state index contributed by atoms with van der Waals surface area (Å²) in [6.07, 6.45) is 5.04. The number of hydrogen-bond acceptors (Lipinski definition) is 2. The smallest absolute Gasteiger partial charge is 0.0108 e. The SMILES string of the molecule is CCc1scc2c1CC(NC)CC2. The van der Waals surface area contributed by atoms with Gasteiger partial charge in [-0.1, -0.05) is 6.92 Å². The van der Waals surface area contributed by atoms with Crippen molar-refractivity contribution in [1.82, 2.24) is 5.32 Å². The van der Waals surface area contributed by atoms with E-state index in [0.717, 1.165) is 0 Å². The first kappa shape index (κ1) is 9.22. The van der Waals surface area contributed by atoms with Crippen molar-refractivity contribution in [2.75, 3.05) is 7.05 Å². The van der Waals surface area contributed by atoms with E-state index in [4.69, 9.17) is 0 Å². The summed E-state index contributed by atoms with van der Waals surface area (Å²) in [7, 11) is 2.08. The van der Waals surface area contributed by atoms with Crippen molar-refractivity contribution in [3.05, 3.63) is 21.4 Å². The van der Waals surface area contributed by atoms with Crippen LogP contribution in [0.15, 0.2) is 5.38 Å². The summed E-state index contributed by atoms with van der Waals surface area (Å²) in [6, 6.07) is 0.715. The molecular weight excluding hydrogens is 178 g/mol. The molecule has 0 aromatic carbocycles. The lowest BCUT2D eigenvalue weighted by atomic mass is 9.89. The van der Waals surface area contributed by atoms with Gasteiger partial charge in [0, 0.05) is 10.9 Å². The van der Waals surface area contributed by atoms with Crippen molar-refractivity contribution in [2.45, 2.75) is 38.6 Å². The van der Waals surface area contributed by atoms with E-state index in [-0.39, 0.29) is 0 Å². The number of thiophene rings is 1. The molecule has 0 spiro atoms. The summed E-state index contributed by atoms with van der Waals surface area (Å²) >= 11 is 1.95. The van der Waals surface area contributed by atoms with Crippen LogP contribution in [0, 0.1) is 0 Å². The molecule has 1 nitrogen and oxygen atoms in total. The van der Waals surface area contributed by atoms with Crippen LogP contribution in [0.5, 0.6) is 0 Å². The number of hydrogen-bond donors (Lipinski definition) is 1. The molecule has 0 saturated carbocycles. The quantitative estimate of drug-likeness (QED) is 0.764. The van der Waals surface area contributed by atoms with Gasteiger partial charge in [0.2, 0.25) is 0 Å². The van der Waals surface area contributed by atoms with Crippen molar-refractivity contribution in [2.24, 2.45) is 0 Å². The summed E-state index contributed by atoms with van der Waals surface area (Å²) in [5, 5.41) is 5.75. The van der Waals surface area contributed by atoms with Gasteiger partial charge in [-0.15, -0.1) is 11.3 Å². The molecule has 1 aromatic heterocycles. The molecule has 1 aliphatic carbocycles. The van der Waals surface area contributed by atoms with Crippen LogP contribution in [0.25, 0.3) is 0 Å². The molecule has 2 rings (SSSR count). The molecule has 0 saturated heterocycles. The minimum atomic E-state index is 0.715. The largest absolute Gasteiger partial charge is 0.317 e. The fourth-order valence-corrected chi connectivity index (χ4v) is 3.21. The lowest BCUT2D eigenvalue weighted by Gasteiger charge is -2.22. The fraction of sp³-hybridized carbons (Fsp3) is 0.636. The van der Waals surface area contributed by atoms with E-state index in [1.54, 1.807) is 16.0 Å². The Morgan fingerprint density at radius 2 is 2.46 bits per heavy atom. The maximum Gasteiger partial charge on any atom is 0.0108 e. The van der Waals surface area contributed by atoms with Crippen molar-refractivity contribution in [1.29, 1.82) is 0 Å². The van der Waals surface area contributed by atoms with Crippen LogP contribution < -0.4 is 5.32 Å². The minimum Gasteiger partial charge on any atom is -0.317 e. The highest BCUT2D eigenvalue weighted by molar-refractivity contribution is 7.10. The van der Waals surface area contributed by atoms with E-state index < -0.39 is 0 Å². The molecule has 1 unspecified atom stereocenters. The fourth-order valence-electron chi connectivity index (χ4n) is 2.14. The average molecular weight is 195 g/mol. The van der Waals surface area contributed by atoms with Gasteiger partial charge in [0.05, 0.1) is 0 Å². The van der Waals surface area contributed by atoms with Crippen LogP contribution >= 0.6 is 11.3 Å². The van der Waals surface area contributed by atoms with E-state index in [1.165, 1.54) is 25.7 Å². The first-order valence-electron chi connectivity index (χ1n) is 5.10. The number of aryl methyl sites for hydroxylation is 2. The molecule has 72 valence electrons. The lowest BCUT2D eigenvalue weighted by molar-refractivity contribution is 0.496. The standard InChI is InChI=1S/C11H17NS/c1-3-11-10-6-9(12-2)5-4-8(10)7-13-11/h7,9,12H,3-6H2,1-2H3. The van der Waals surface area contributed by atoms with Crippen LogP contribution in [-0.2, 0) is 19.3 Å². The van der Waals surface area contributed by atoms with Gasteiger partial charge in [0.15, 0.2) is 0 Å². The molecule has 0 aliphatic heterocycles. The molecule has 1 atom stereocenters. The molecule has 13 heavy (non-hydrogen) atoms. The Hall–Kier alpha value is -0.340. The van der Waals surface area contributed by atoms with E-state index >= 15 is 0 Å². The molecular formula is C11H17NS. The Kier molecular flexibility index (Phi) is 2.70. The summed E-state index contributed by atoms with van der Waals surface area (Å²) in [6.45, 7) is 2.26. The second kappa shape index (κ2) is 3.81. The zero-order valence-corrected chi connectivity index (χ0v) is 9.21. The Morgan fingerprint density at radius 1 is 1.62 bits per heavy atom. The summed E-state index contributed by atoms with van der Waals surface area (Å²) in [5.74, 6) is 0. The van der Waals surface area contributed by atoms with Gasteiger partial charge in [-0.3, -0.25) is 0 Å². The summed E-state index contributed by atoms with van der Waals surface area (Å²) < 4.78 is 0. The zero-order valence-electron chi connectivity index (χ0n) is 8.39. The highest BCUT2D eigenvalue weighted by atomic mass is 32.1. The zero-order chi connectivity index (χ0) is 9.26. The first-order chi connectivity index (χ1) is 6.35. The van der Waals surface area contributed by atoms with Gasteiger partial charge in [0.1, 0.15) is 0 Å². The molecule has 0 radical (unpaired) electrons. The normalized spacial score (nSPS) is 21.5.